The average molecular weight is 248 g/mol. The van der Waals surface area contributed by atoms with Gasteiger partial charge in [0.2, 0.25) is 0 Å². The fraction of sp³-hybridized carbons (Fsp3) is 0.600. The minimum absolute atomic E-state index is 0.222. The van der Waals surface area contributed by atoms with Crippen LogP contribution in [0.2, 0.25) is 0 Å². The van der Waals surface area contributed by atoms with Crippen LogP contribution in [0.3, 0.4) is 0 Å². The van der Waals surface area contributed by atoms with E-state index in [0.717, 1.165) is 36.8 Å². The molecule has 1 aliphatic carbocycles. The van der Waals surface area contributed by atoms with Crippen LogP contribution in [-0.4, -0.2) is 18.3 Å². The molecular formula is C15H20O3. The zero-order chi connectivity index (χ0) is 12.4. The normalized spacial score (nSPS) is 24.3. The van der Waals surface area contributed by atoms with Crippen molar-refractivity contribution in [3.05, 3.63) is 35.4 Å². The van der Waals surface area contributed by atoms with Crippen molar-refractivity contribution in [1.29, 1.82) is 0 Å². The summed E-state index contributed by atoms with van der Waals surface area (Å²) in [5.74, 6) is 0. The molecule has 0 radical (unpaired) electrons. The first-order valence-electron chi connectivity index (χ1n) is 6.84. The molecule has 2 fully saturated rings. The Kier molecular flexibility index (Phi) is 3.37. The Bertz CT molecular complexity index is 387. The molecule has 1 N–H and O–H groups in total. The lowest BCUT2D eigenvalue weighted by molar-refractivity contribution is -0.0443. The molecule has 1 heterocycles. The van der Waals surface area contributed by atoms with E-state index in [1.807, 2.05) is 24.3 Å². The van der Waals surface area contributed by atoms with Gasteiger partial charge in [0.15, 0.2) is 6.29 Å². The Balaban J connectivity index is 1.77. The first kappa shape index (κ1) is 12.2. The third-order valence-corrected chi connectivity index (χ3v) is 4.02. The Morgan fingerprint density at radius 3 is 2.17 bits per heavy atom. The standard InChI is InChI=1S/C15H20O3/c16-15(8-2-1-3-9-15)13-6-4-12(5-7-13)14-17-10-11-18-14/h4-7,14,16H,1-3,8-11H2. The quantitative estimate of drug-likeness (QED) is 0.874. The highest BCUT2D eigenvalue weighted by Crippen LogP contribution is 2.37. The van der Waals surface area contributed by atoms with Gasteiger partial charge in [-0.25, -0.2) is 0 Å². The maximum absolute atomic E-state index is 10.6. The van der Waals surface area contributed by atoms with Crippen LogP contribution in [-0.2, 0) is 15.1 Å². The fourth-order valence-electron chi connectivity index (χ4n) is 2.93. The zero-order valence-corrected chi connectivity index (χ0v) is 10.6. The summed E-state index contributed by atoms with van der Waals surface area (Å²) in [5, 5.41) is 10.6. The van der Waals surface area contributed by atoms with E-state index in [9.17, 15) is 5.11 Å². The molecule has 1 saturated heterocycles. The van der Waals surface area contributed by atoms with Crippen LogP contribution in [0.25, 0.3) is 0 Å². The molecule has 0 spiro atoms. The second-order valence-electron chi connectivity index (χ2n) is 5.29. The summed E-state index contributed by atoms with van der Waals surface area (Å²) < 4.78 is 10.9. The van der Waals surface area contributed by atoms with Crippen molar-refractivity contribution in [3.8, 4) is 0 Å². The predicted molar refractivity (Wildman–Crippen MR) is 68.1 cm³/mol. The van der Waals surface area contributed by atoms with E-state index in [0.29, 0.717) is 13.2 Å². The van der Waals surface area contributed by atoms with Crippen molar-refractivity contribution >= 4 is 0 Å². The Morgan fingerprint density at radius 1 is 0.944 bits per heavy atom. The highest BCUT2D eigenvalue weighted by atomic mass is 16.7. The summed E-state index contributed by atoms with van der Waals surface area (Å²) in [7, 11) is 0. The molecule has 1 saturated carbocycles. The maximum Gasteiger partial charge on any atom is 0.184 e. The van der Waals surface area contributed by atoms with Crippen LogP contribution in [0.15, 0.2) is 24.3 Å². The van der Waals surface area contributed by atoms with Crippen LogP contribution < -0.4 is 0 Å². The second kappa shape index (κ2) is 5.00. The maximum atomic E-state index is 10.6. The Labute approximate surface area is 108 Å². The van der Waals surface area contributed by atoms with E-state index in [1.54, 1.807) is 0 Å². The van der Waals surface area contributed by atoms with E-state index in [2.05, 4.69) is 0 Å². The van der Waals surface area contributed by atoms with Crippen molar-refractivity contribution in [2.45, 2.75) is 44.0 Å². The predicted octanol–water partition coefficient (Wildman–Crippen LogP) is 2.88. The number of rotatable bonds is 2. The van der Waals surface area contributed by atoms with Crippen LogP contribution in [0.5, 0.6) is 0 Å². The molecule has 3 rings (SSSR count). The molecule has 0 atom stereocenters. The summed E-state index contributed by atoms with van der Waals surface area (Å²) in [6, 6.07) is 8.06. The smallest absolute Gasteiger partial charge is 0.184 e. The molecule has 0 bridgehead atoms. The highest BCUT2D eigenvalue weighted by molar-refractivity contribution is 5.28. The van der Waals surface area contributed by atoms with Gasteiger partial charge in [0.05, 0.1) is 18.8 Å². The van der Waals surface area contributed by atoms with Crippen LogP contribution in [0.4, 0.5) is 0 Å². The number of aliphatic hydroxyl groups is 1. The molecule has 2 aliphatic rings. The van der Waals surface area contributed by atoms with Crippen molar-refractivity contribution in [2.75, 3.05) is 13.2 Å². The molecule has 0 aromatic heterocycles. The average Bonchev–Trinajstić information content (AvgIpc) is 2.94. The van der Waals surface area contributed by atoms with Gasteiger partial charge in [0.25, 0.3) is 0 Å². The van der Waals surface area contributed by atoms with E-state index in [1.165, 1.54) is 6.42 Å². The summed E-state index contributed by atoms with van der Waals surface area (Å²) in [6.07, 6.45) is 5.01. The third kappa shape index (κ3) is 2.30. The van der Waals surface area contributed by atoms with Crippen LogP contribution in [0.1, 0.15) is 49.5 Å². The summed E-state index contributed by atoms with van der Waals surface area (Å²) >= 11 is 0. The molecule has 18 heavy (non-hydrogen) atoms. The van der Waals surface area contributed by atoms with Crippen molar-refractivity contribution in [3.63, 3.8) is 0 Å². The lowest BCUT2D eigenvalue weighted by Crippen LogP contribution is -2.28. The van der Waals surface area contributed by atoms with Gasteiger partial charge in [-0.2, -0.15) is 0 Å². The number of hydrogen-bond donors (Lipinski definition) is 1. The zero-order valence-electron chi connectivity index (χ0n) is 10.6. The second-order valence-corrected chi connectivity index (χ2v) is 5.29. The summed E-state index contributed by atoms with van der Waals surface area (Å²) in [4.78, 5) is 0. The first-order valence-corrected chi connectivity index (χ1v) is 6.84. The van der Waals surface area contributed by atoms with Gasteiger partial charge < -0.3 is 14.6 Å². The lowest BCUT2D eigenvalue weighted by atomic mass is 9.79. The molecule has 0 amide bonds. The largest absolute Gasteiger partial charge is 0.385 e. The van der Waals surface area contributed by atoms with Crippen molar-refractivity contribution < 1.29 is 14.6 Å². The van der Waals surface area contributed by atoms with E-state index in [4.69, 9.17) is 9.47 Å². The minimum atomic E-state index is -0.617. The van der Waals surface area contributed by atoms with Gasteiger partial charge in [0, 0.05) is 5.56 Å². The van der Waals surface area contributed by atoms with Gasteiger partial charge in [-0.15, -0.1) is 0 Å². The SMILES string of the molecule is OC1(c2ccc(C3OCCO3)cc2)CCCCC1. The van der Waals surface area contributed by atoms with E-state index in [-0.39, 0.29) is 6.29 Å². The molecule has 0 unspecified atom stereocenters. The molecular weight excluding hydrogens is 228 g/mol. The topological polar surface area (TPSA) is 38.7 Å². The van der Waals surface area contributed by atoms with Crippen LogP contribution >= 0.6 is 0 Å². The van der Waals surface area contributed by atoms with Gasteiger partial charge in [-0.1, -0.05) is 43.5 Å². The molecule has 1 aliphatic heterocycles. The van der Waals surface area contributed by atoms with Crippen LogP contribution in [0, 0.1) is 0 Å². The fourth-order valence-corrected chi connectivity index (χ4v) is 2.93. The van der Waals surface area contributed by atoms with Gasteiger partial charge in [0.1, 0.15) is 0 Å². The van der Waals surface area contributed by atoms with Gasteiger partial charge in [-0.3, -0.25) is 0 Å². The van der Waals surface area contributed by atoms with Gasteiger partial charge >= 0.3 is 0 Å². The monoisotopic (exact) mass is 248 g/mol. The molecule has 98 valence electrons. The highest BCUT2D eigenvalue weighted by Gasteiger charge is 2.31. The minimum Gasteiger partial charge on any atom is -0.385 e. The lowest BCUT2D eigenvalue weighted by Gasteiger charge is -2.32. The molecule has 3 heteroatoms. The number of benzene rings is 1. The number of hydrogen-bond acceptors (Lipinski definition) is 3. The van der Waals surface area contributed by atoms with Gasteiger partial charge in [-0.05, 0) is 18.4 Å². The van der Waals surface area contributed by atoms with Crippen molar-refractivity contribution in [2.24, 2.45) is 0 Å². The van der Waals surface area contributed by atoms with E-state index < -0.39 is 5.60 Å². The molecule has 1 aromatic carbocycles. The third-order valence-electron chi connectivity index (χ3n) is 4.02. The van der Waals surface area contributed by atoms with E-state index >= 15 is 0 Å². The molecule has 3 nitrogen and oxygen atoms in total. The Morgan fingerprint density at radius 2 is 1.56 bits per heavy atom. The molecule has 1 aromatic rings. The Hall–Kier alpha value is -0.900. The number of ether oxygens (including phenoxy) is 2. The van der Waals surface area contributed by atoms with Crippen molar-refractivity contribution in [1.82, 2.24) is 0 Å². The first-order chi connectivity index (χ1) is 8.78. The summed E-state index contributed by atoms with van der Waals surface area (Å²) in [5.41, 5.74) is 1.45. The summed E-state index contributed by atoms with van der Waals surface area (Å²) in [6.45, 7) is 1.33.